The lowest BCUT2D eigenvalue weighted by Crippen LogP contribution is -2.63. The number of nitriles is 1. The normalized spacial score (nSPS) is 17.7. The molecule has 2 aromatic heterocycles. The van der Waals surface area contributed by atoms with Gasteiger partial charge in [-0.05, 0) is 36.2 Å². The van der Waals surface area contributed by atoms with E-state index >= 15 is 0 Å². The third-order valence-electron chi connectivity index (χ3n) is 6.46. The molecule has 1 aliphatic rings. The van der Waals surface area contributed by atoms with Crippen LogP contribution in [0.3, 0.4) is 0 Å². The van der Waals surface area contributed by atoms with Crippen LogP contribution in [-0.4, -0.2) is 45.3 Å². The number of aromatic amines is 1. The van der Waals surface area contributed by atoms with E-state index in [1.54, 1.807) is 12.4 Å². The standard InChI is InChI=1S/C25H29N5O/c1-17(2)18-5-7-20(8-6-18)25(31,24(3)15-30(4)16-24)21-11-19(13-27-14-21)23-12-22(9-10-26)28-29-23/h5-8,11-14,17,31H,9,15-16H2,1-4H3,(H,28,29)/t25-/m0/s1. The molecule has 3 aromatic rings. The van der Waals surface area contributed by atoms with Crippen LogP contribution in [0.1, 0.15) is 49.1 Å². The maximum atomic E-state index is 12.3. The third-order valence-corrected chi connectivity index (χ3v) is 6.46. The van der Waals surface area contributed by atoms with E-state index in [9.17, 15) is 5.11 Å². The van der Waals surface area contributed by atoms with Crippen molar-refractivity contribution in [3.63, 3.8) is 0 Å². The van der Waals surface area contributed by atoms with Crippen LogP contribution in [0.15, 0.2) is 48.8 Å². The second-order valence-electron chi connectivity index (χ2n) is 9.30. The van der Waals surface area contributed by atoms with Gasteiger partial charge in [-0.25, -0.2) is 0 Å². The molecular weight excluding hydrogens is 386 g/mol. The molecule has 0 spiro atoms. The van der Waals surface area contributed by atoms with Gasteiger partial charge in [0.25, 0.3) is 0 Å². The smallest absolute Gasteiger partial charge is 0.124 e. The summed E-state index contributed by atoms with van der Waals surface area (Å²) in [5.74, 6) is 0.430. The van der Waals surface area contributed by atoms with Gasteiger partial charge in [0.05, 0.1) is 18.2 Å². The van der Waals surface area contributed by atoms with E-state index in [1.165, 1.54) is 5.56 Å². The number of aliphatic hydroxyl groups is 1. The van der Waals surface area contributed by atoms with Gasteiger partial charge in [0.15, 0.2) is 0 Å². The predicted octanol–water partition coefficient (Wildman–Crippen LogP) is 3.85. The van der Waals surface area contributed by atoms with E-state index in [4.69, 9.17) is 5.26 Å². The summed E-state index contributed by atoms with van der Waals surface area (Å²) in [4.78, 5) is 6.67. The first-order chi connectivity index (χ1) is 14.8. The number of H-pyrrole nitrogens is 1. The first kappa shape index (κ1) is 21.2. The van der Waals surface area contributed by atoms with Gasteiger partial charge < -0.3 is 10.0 Å². The Balaban J connectivity index is 1.80. The van der Waals surface area contributed by atoms with Crippen molar-refractivity contribution in [3.05, 3.63) is 71.2 Å². The van der Waals surface area contributed by atoms with Crippen molar-refractivity contribution in [2.75, 3.05) is 20.1 Å². The second kappa shape index (κ2) is 7.92. The lowest BCUT2D eigenvalue weighted by molar-refractivity contribution is -0.127. The van der Waals surface area contributed by atoms with Crippen molar-refractivity contribution in [2.24, 2.45) is 5.41 Å². The number of aromatic nitrogens is 3. The molecule has 160 valence electrons. The van der Waals surface area contributed by atoms with Crippen LogP contribution in [0, 0.1) is 16.7 Å². The molecule has 1 saturated heterocycles. The van der Waals surface area contributed by atoms with E-state index < -0.39 is 5.60 Å². The number of pyridine rings is 1. The van der Waals surface area contributed by atoms with Crippen molar-refractivity contribution < 1.29 is 5.11 Å². The minimum atomic E-state index is -1.19. The van der Waals surface area contributed by atoms with Crippen LogP contribution in [0.5, 0.6) is 0 Å². The Bertz CT molecular complexity index is 1110. The molecule has 6 nitrogen and oxygen atoms in total. The number of benzene rings is 1. The largest absolute Gasteiger partial charge is 0.380 e. The SMILES string of the molecule is CC(C)c1ccc([C@](O)(c2cncc(-c3cc(CC#N)[nH]n3)c2)C2(C)CN(C)C2)cc1. The molecule has 2 N–H and O–H groups in total. The van der Waals surface area contributed by atoms with Gasteiger partial charge >= 0.3 is 0 Å². The van der Waals surface area contributed by atoms with Crippen LogP contribution < -0.4 is 0 Å². The Hall–Kier alpha value is -3.01. The molecule has 0 amide bonds. The van der Waals surface area contributed by atoms with Gasteiger partial charge in [-0.1, -0.05) is 45.0 Å². The fraction of sp³-hybridized carbons (Fsp3) is 0.400. The first-order valence-electron chi connectivity index (χ1n) is 10.7. The summed E-state index contributed by atoms with van der Waals surface area (Å²) in [6, 6.07) is 14.3. The third kappa shape index (κ3) is 3.65. The lowest BCUT2D eigenvalue weighted by atomic mass is 9.62. The molecule has 0 aliphatic carbocycles. The molecule has 1 aliphatic heterocycles. The summed E-state index contributed by atoms with van der Waals surface area (Å²) >= 11 is 0. The van der Waals surface area contributed by atoms with Crippen LogP contribution in [0.25, 0.3) is 11.3 Å². The summed E-state index contributed by atoms with van der Waals surface area (Å²) in [6.45, 7) is 8.04. The van der Waals surface area contributed by atoms with Gasteiger partial charge in [0, 0.05) is 47.7 Å². The highest BCUT2D eigenvalue weighted by molar-refractivity contribution is 5.60. The minimum absolute atomic E-state index is 0.274. The van der Waals surface area contributed by atoms with Crippen LogP contribution in [0.2, 0.25) is 0 Å². The Morgan fingerprint density at radius 3 is 2.52 bits per heavy atom. The molecule has 0 unspecified atom stereocenters. The van der Waals surface area contributed by atoms with Gasteiger partial charge in [-0.3, -0.25) is 10.1 Å². The Labute approximate surface area is 183 Å². The molecular formula is C25H29N5O. The quantitative estimate of drug-likeness (QED) is 0.638. The number of hydrogen-bond donors (Lipinski definition) is 2. The molecule has 0 saturated carbocycles. The zero-order valence-corrected chi connectivity index (χ0v) is 18.6. The fourth-order valence-electron chi connectivity index (χ4n) is 4.81. The molecule has 1 aromatic carbocycles. The molecule has 4 rings (SSSR count). The van der Waals surface area contributed by atoms with Gasteiger partial charge in [0.1, 0.15) is 5.60 Å². The number of rotatable bonds is 6. The average molecular weight is 416 g/mol. The van der Waals surface area contributed by atoms with E-state index in [1.807, 2.05) is 24.3 Å². The summed E-state index contributed by atoms with van der Waals surface area (Å²) in [5.41, 5.74) is 3.62. The molecule has 6 heteroatoms. The Kier molecular flexibility index (Phi) is 5.42. The maximum absolute atomic E-state index is 12.3. The van der Waals surface area contributed by atoms with Crippen LogP contribution >= 0.6 is 0 Å². The molecule has 0 bridgehead atoms. The van der Waals surface area contributed by atoms with Gasteiger partial charge in [0.2, 0.25) is 0 Å². The monoisotopic (exact) mass is 415 g/mol. The Morgan fingerprint density at radius 2 is 1.90 bits per heavy atom. The molecule has 1 atom stereocenters. The predicted molar refractivity (Wildman–Crippen MR) is 120 cm³/mol. The van der Waals surface area contributed by atoms with Crippen molar-refractivity contribution in [1.29, 1.82) is 5.26 Å². The lowest BCUT2D eigenvalue weighted by Gasteiger charge is -2.55. The molecule has 3 heterocycles. The molecule has 31 heavy (non-hydrogen) atoms. The minimum Gasteiger partial charge on any atom is -0.380 e. The maximum Gasteiger partial charge on any atom is 0.124 e. The highest BCUT2D eigenvalue weighted by atomic mass is 16.3. The zero-order valence-electron chi connectivity index (χ0n) is 18.6. The van der Waals surface area contributed by atoms with Crippen LogP contribution in [-0.2, 0) is 12.0 Å². The summed E-state index contributed by atoms with van der Waals surface area (Å²) in [7, 11) is 2.07. The molecule has 1 fully saturated rings. The fourth-order valence-corrected chi connectivity index (χ4v) is 4.81. The van der Waals surface area contributed by atoms with Crippen molar-refractivity contribution in [1.82, 2.24) is 20.1 Å². The van der Waals surface area contributed by atoms with Crippen molar-refractivity contribution in [3.8, 4) is 17.3 Å². The number of hydrogen-bond acceptors (Lipinski definition) is 5. The summed E-state index contributed by atoms with van der Waals surface area (Å²) in [6.07, 6.45) is 3.77. The summed E-state index contributed by atoms with van der Waals surface area (Å²) in [5, 5.41) is 28.5. The number of nitrogens with zero attached hydrogens (tertiary/aromatic N) is 4. The summed E-state index contributed by atoms with van der Waals surface area (Å²) < 4.78 is 0. The van der Waals surface area contributed by atoms with Crippen molar-refractivity contribution >= 4 is 0 Å². The van der Waals surface area contributed by atoms with Gasteiger partial charge in [-0.15, -0.1) is 0 Å². The molecule has 0 radical (unpaired) electrons. The topological polar surface area (TPSA) is 88.8 Å². The first-order valence-corrected chi connectivity index (χ1v) is 10.7. The zero-order chi connectivity index (χ0) is 22.2. The average Bonchev–Trinajstić information content (AvgIpc) is 3.21. The number of likely N-dealkylation sites (tertiary alicyclic amines) is 1. The van der Waals surface area contributed by atoms with E-state index in [0.717, 1.165) is 35.5 Å². The van der Waals surface area contributed by atoms with E-state index in [2.05, 4.69) is 66.1 Å². The highest BCUT2D eigenvalue weighted by Crippen LogP contribution is 2.50. The second-order valence-corrected chi connectivity index (χ2v) is 9.30. The number of nitrogens with one attached hydrogen (secondary N) is 1. The van der Waals surface area contributed by atoms with Gasteiger partial charge in [-0.2, -0.15) is 10.4 Å². The van der Waals surface area contributed by atoms with E-state index in [0.29, 0.717) is 11.6 Å². The Morgan fingerprint density at radius 1 is 1.19 bits per heavy atom. The highest BCUT2D eigenvalue weighted by Gasteiger charge is 2.55. The van der Waals surface area contributed by atoms with Crippen LogP contribution in [0.4, 0.5) is 0 Å². The van der Waals surface area contributed by atoms with Crippen molar-refractivity contribution in [2.45, 2.75) is 38.7 Å². The van der Waals surface area contributed by atoms with E-state index in [-0.39, 0.29) is 11.8 Å².